The minimum absolute atomic E-state index is 0.211. The third-order valence-electron chi connectivity index (χ3n) is 2.11. The molecule has 0 aliphatic heterocycles. The Balaban J connectivity index is 2.10. The Hall–Kier alpha value is -1.91. The van der Waals surface area contributed by atoms with Crippen molar-refractivity contribution in [3.8, 4) is 0 Å². The van der Waals surface area contributed by atoms with E-state index in [0.717, 1.165) is 12.1 Å². The van der Waals surface area contributed by atoms with Crippen LogP contribution < -0.4 is 5.43 Å². The average molecular weight is 226 g/mol. The summed E-state index contributed by atoms with van der Waals surface area (Å²) in [7, 11) is 0. The molecule has 1 heterocycles. The minimum Gasteiger partial charge on any atom is -0.322 e. The molecule has 1 aromatic carbocycles. The van der Waals surface area contributed by atoms with Gasteiger partial charge in [-0.05, 0) is 29.8 Å². The molecular formula is C11H9F3N2. The van der Waals surface area contributed by atoms with Crippen LogP contribution in [-0.2, 0) is 6.54 Å². The smallest absolute Gasteiger partial charge is 0.194 e. The normalized spacial score (nSPS) is 10.4. The fourth-order valence-corrected chi connectivity index (χ4v) is 1.33. The van der Waals surface area contributed by atoms with Gasteiger partial charge in [-0.1, -0.05) is 0 Å². The van der Waals surface area contributed by atoms with E-state index in [1.165, 1.54) is 0 Å². The molecule has 0 aliphatic carbocycles. The first-order chi connectivity index (χ1) is 7.66. The molecule has 0 amide bonds. The van der Waals surface area contributed by atoms with E-state index >= 15 is 0 Å². The van der Waals surface area contributed by atoms with Crippen LogP contribution >= 0.6 is 0 Å². The zero-order chi connectivity index (χ0) is 11.5. The first-order valence-electron chi connectivity index (χ1n) is 4.67. The van der Waals surface area contributed by atoms with E-state index in [-0.39, 0.29) is 6.54 Å². The van der Waals surface area contributed by atoms with Crippen molar-refractivity contribution in [1.29, 1.82) is 0 Å². The standard InChI is InChI=1S/C11H9F3N2/c12-9-5-8(6-10(13)11(9)14)7-15-16-3-1-2-4-16/h1-6,15H,7H2. The Bertz CT molecular complexity index is 457. The van der Waals surface area contributed by atoms with Gasteiger partial charge in [-0.15, -0.1) is 0 Å². The molecule has 2 aromatic rings. The number of benzene rings is 1. The predicted molar refractivity (Wildman–Crippen MR) is 53.8 cm³/mol. The average Bonchev–Trinajstić information content (AvgIpc) is 2.75. The third kappa shape index (κ3) is 2.18. The van der Waals surface area contributed by atoms with Crippen LogP contribution in [-0.4, -0.2) is 4.68 Å². The van der Waals surface area contributed by atoms with Gasteiger partial charge in [-0.25, -0.2) is 13.2 Å². The number of aromatic nitrogens is 1. The van der Waals surface area contributed by atoms with Gasteiger partial charge in [0.2, 0.25) is 0 Å². The summed E-state index contributed by atoms with van der Waals surface area (Å²) in [6, 6.07) is 5.54. The maximum atomic E-state index is 12.9. The van der Waals surface area contributed by atoms with Crippen LogP contribution in [0.25, 0.3) is 0 Å². The molecule has 16 heavy (non-hydrogen) atoms. The summed E-state index contributed by atoms with van der Waals surface area (Å²) in [5, 5.41) is 0. The molecule has 0 saturated carbocycles. The molecular weight excluding hydrogens is 217 g/mol. The summed E-state index contributed by atoms with van der Waals surface area (Å²) in [5.74, 6) is -3.79. The number of hydrogen-bond acceptors (Lipinski definition) is 1. The fraction of sp³-hybridized carbons (Fsp3) is 0.0909. The van der Waals surface area contributed by atoms with Crippen molar-refractivity contribution in [2.75, 3.05) is 5.43 Å². The molecule has 1 N–H and O–H groups in total. The van der Waals surface area contributed by atoms with Gasteiger partial charge in [-0.2, -0.15) is 0 Å². The number of nitrogens with zero attached hydrogens (tertiary/aromatic N) is 1. The van der Waals surface area contributed by atoms with E-state index in [9.17, 15) is 13.2 Å². The van der Waals surface area contributed by atoms with Gasteiger partial charge in [0.15, 0.2) is 17.5 Å². The van der Waals surface area contributed by atoms with Crippen LogP contribution in [0.4, 0.5) is 13.2 Å². The molecule has 2 nitrogen and oxygen atoms in total. The van der Waals surface area contributed by atoms with Crippen LogP contribution in [0.3, 0.4) is 0 Å². The molecule has 0 bridgehead atoms. The summed E-state index contributed by atoms with van der Waals surface area (Å²) in [4.78, 5) is 0. The van der Waals surface area contributed by atoms with Crippen molar-refractivity contribution >= 4 is 0 Å². The molecule has 0 saturated heterocycles. The van der Waals surface area contributed by atoms with Crippen molar-refractivity contribution < 1.29 is 13.2 Å². The van der Waals surface area contributed by atoms with Crippen molar-refractivity contribution in [1.82, 2.24) is 4.68 Å². The number of rotatable bonds is 3. The zero-order valence-corrected chi connectivity index (χ0v) is 8.25. The molecule has 0 spiro atoms. The van der Waals surface area contributed by atoms with E-state index in [4.69, 9.17) is 0 Å². The first kappa shape index (κ1) is 10.6. The van der Waals surface area contributed by atoms with Crippen LogP contribution in [0.2, 0.25) is 0 Å². The van der Waals surface area contributed by atoms with E-state index in [0.29, 0.717) is 5.56 Å². The van der Waals surface area contributed by atoms with Crippen LogP contribution in [0.1, 0.15) is 5.56 Å². The highest BCUT2D eigenvalue weighted by Gasteiger charge is 2.09. The minimum atomic E-state index is -1.44. The molecule has 5 heteroatoms. The summed E-state index contributed by atoms with van der Waals surface area (Å²) < 4.78 is 40.0. The van der Waals surface area contributed by atoms with E-state index < -0.39 is 17.5 Å². The number of halogens is 3. The van der Waals surface area contributed by atoms with Gasteiger partial charge in [0.25, 0.3) is 0 Å². The molecule has 0 aliphatic rings. The summed E-state index contributed by atoms with van der Waals surface area (Å²) in [6.07, 6.45) is 3.49. The lowest BCUT2D eigenvalue weighted by atomic mass is 10.2. The fourth-order valence-electron chi connectivity index (χ4n) is 1.33. The molecule has 84 valence electrons. The molecule has 0 fully saturated rings. The second-order valence-electron chi connectivity index (χ2n) is 3.30. The van der Waals surface area contributed by atoms with Gasteiger partial charge in [-0.3, -0.25) is 4.68 Å². The van der Waals surface area contributed by atoms with E-state index in [1.807, 2.05) is 0 Å². The first-order valence-corrected chi connectivity index (χ1v) is 4.67. The second-order valence-corrected chi connectivity index (χ2v) is 3.30. The Morgan fingerprint density at radius 3 is 2.12 bits per heavy atom. The summed E-state index contributed by atoms with van der Waals surface area (Å²) in [5.41, 5.74) is 3.21. The summed E-state index contributed by atoms with van der Waals surface area (Å²) >= 11 is 0. The van der Waals surface area contributed by atoms with Gasteiger partial charge in [0.1, 0.15) is 0 Å². The molecule has 0 radical (unpaired) electrons. The second kappa shape index (κ2) is 4.30. The lowest BCUT2D eigenvalue weighted by molar-refractivity contribution is 0.445. The lowest BCUT2D eigenvalue weighted by Gasteiger charge is -2.08. The third-order valence-corrected chi connectivity index (χ3v) is 2.11. The predicted octanol–water partition coefficient (Wildman–Crippen LogP) is 2.65. The highest BCUT2D eigenvalue weighted by molar-refractivity contribution is 5.20. The molecule has 0 atom stereocenters. The quantitative estimate of drug-likeness (QED) is 0.796. The molecule has 2 rings (SSSR count). The van der Waals surface area contributed by atoms with Crippen molar-refractivity contribution in [2.45, 2.75) is 6.54 Å². The molecule has 0 unspecified atom stereocenters. The van der Waals surface area contributed by atoms with Crippen molar-refractivity contribution in [3.63, 3.8) is 0 Å². The van der Waals surface area contributed by atoms with Gasteiger partial charge >= 0.3 is 0 Å². The van der Waals surface area contributed by atoms with Crippen molar-refractivity contribution in [3.05, 3.63) is 59.7 Å². The Morgan fingerprint density at radius 2 is 1.56 bits per heavy atom. The van der Waals surface area contributed by atoms with E-state index in [1.54, 1.807) is 29.2 Å². The Labute approximate surface area is 90.3 Å². The maximum absolute atomic E-state index is 12.9. The largest absolute Gasteiger partial charge is 0.322 e. The number of hydrogen-bond donors (Lipinski definition) is 1. The number of nitrogens with one attached hydrogen (secondary N) is 1. The summed E-state index contributed by atoms with van der Waals surface area (Å²) in [6.45, 7) is 0.211. The van der Waals surface area contributed by atoms with Crippen LogP contribution in [0.5, 0.6) is 0 Å². The maximum Gasteiger partial charge on any atom is 0.194 e. The highest BCUT2D eigenvalue weighted by atomic mass is 19.2. The zero-order valence-electron chi connectivity index (χ0n) is 8.25. The molecule has 1 aromatic heterocycles. The van der Waals surface area contributed by atoms with Gasteiger partial charge in [0.05, 0.1) is 6.54 Å². The SMILES string of the molecule is Fc1cc(CNn2cccc2)cc(F)c1F. The monoisotopic (exact) mass is 226 g/mol. The van der Waals surface area contributed by atoms with Crippen LogP contribution in [0.15, 0.2) is 36.7 Å². The topological polar surface area (TPSA) is 17.0 Å². The highest BCUT2D eigenvalue weighted by Crippen LogP contribution is 2.13. The van der Waals surface area contributed by atoms with E-state index in [2.05, 4.69) is 5.43 Å². The Kier molecular flexibility index (Phi) is 2.85. The Morgan fingerprint density at radius 1 is 1.00 bits per heavy atom. The van der Waals surface area contributed by atoms with Crippen LogP contribution in [0, 0.1) is 17.5 Å². The van der Waals surface area contributed by atoms with Crippen molar-refractivity contribution in [2.24, 2.45) is 0 Å². The lowest BCUT2D eigenvalue weighted by Crippen LogP contribution is -2.12. The van der Waals surface area contributed by atoms with Gasteiger partial charge in [0, 0.05) is 12.4 Å². The van der Waals surface area contributed by atoms with Gasteiger partial charge < -0.3 is 5.43 Å².